The lowest BCUT2D eigenvalue weighted by Crippen LogP contribution is -2.55. The van der Waals surface area contributed by atoms with Crippen LogP contribution in [0.4, 0.5) is 5.82 Å². The molecule has 1 N–H and O–H groups in total. The number of rotatable bonds is 1. The molecule has 0 radical (unpaired) electrons. The fourth-order valence-corrected chi connectivity index (χ4v) is 2.92. The first kappa shape index (κ1) is 10.1. The Bertz CT molecular complexity index is 402. The van der Waals surface area contributed by atoms with E-state index in [0.717, 1.165) is 25.9 Å². The molecule has 0 bridgehead atoms. The Hall–Kier alpha value is -1.09. The molecule has 0 aliphatic carbocycles. The van der Waals surface area contributed by atoms with Gasteiger partial charge in [-0.15, -0.1) is 0 Å². The van der Waals surface area contributed by atoms with Crippen LogP contribution in [0.25, 0.3) is 0 Å². The van der Waals surface area contributed by atoms with E-state index in [1.807, 2.05) is 0 Å². The van der Waals surface area contributed by atoms with Crippen molar-refractivity contribution in [1.29, 1.82) is 0 Å². The van der Waals surface area contributed by atoms with Crippen LogP contribution in [0.15, 0.2) is 12.1 Å². The highest BCUT2D eigenvalue weighted by Gasteiger charge is 2.35. The first-order valence-electron chi connectivity index (χ1n) is 6.27. The monoisotopic (exact) mass is 217 g/mol. The van der Waals surface area contributed by atoms with Gasteiger partial charge in [0.05, 0.1) is 0 Å². The highest BCUT2D eigenvalue weighted by molar-refractivity contribution is 5.56. The average molecular weight is 217 g/mol. The summed E-state index contributed by atoms with van der Waals surface area (Å²) in [7, 11) is 0. The van der Waals surface area contributed by atoms with Crippen LogP contribution in [0.5, 0.6) is 0 Å². The highest BCUT2D eigenvalue weighted by atomic mass is 15.3. The predicted octanol–water partition coefficient (Wildman–Crippen LogP) is 1.37. The molecular formula is C13H19N3. The quantitative estimate of drug-likeness (QED) is 0.770. The van der Waals surface area contributed by atoms with Gasteiger partial charge < -0.3 is 10.2 Å². The van der Waals surface area contributed by atoms with Gasteiger partial charge in [-0.25, -0.2) is 4.98 Å². The van der Waals surface area contributed by atoms with E-state index in [2.05, 4.69) is 36.2 Å². The zero-order valence-electron chi connectivity index (χ0n) is 10.0. The van der Waals surface area contributed by atoms with Gasteiger partial charge in [0.1, 0.15) is 5.82 Å². The molecule has 3 heterocycles. The van der Waals surface area contributed by atoms with Crippen LogP contribution in [0.2, 0.25) is 0 Å². The molecule has 0 aromatic carbocycles. The summed E-state index contributed by atoms with van der Waals surface area (Å²) in [5, 5.41) is 3.50. The molecule has 3 heteroatoms. The fourth-order valence-electron chi connectivity index (χ4n) is 2.92. The van der Waals surface area contributed by atoms with E-state index in [9.17, 15) is 0 Å². The summed E-state index contributed by atoms with van der Waals surface area (Å²) in [4.78, 5) is 7.32. The smallest absolute Gasteiger partial charge is 0.132 e. The van der Waals surface area contributed by atoms with Gasteiger partial charge in [0.15, 0.2) is 0 Å². The molecule has 2 atom stereocenters. The number of piperazine rings is 1. The third-order valence-corrected chi connectivity index (χ3v) is 3.76. The third-order valence-electron chi connectivity index (χ3n) is 3.76. The average Bonchev–Trinajstić information content (AvgIpc) is 2.67. The largest absolute Gasteiger partial charge is 0.348 e. The Balaban J connectivity index is 2.01. The molecule has 2 aliphatic heterocycles. The van der Waals surface area contributed by atoms with Crippen LogP contribution in [0, 0.1) is 0 Å². The number of pyridine rings is 1. The number of nitrogens with zero attached hydrogens (tertiary/aromatic N) is 2. The molecule has 2 unspecified atom stereocenters. The van der Waals surface area contributed by atoms with Crippen LogP contribution >= 0.6 is 0 Å². The summed E-state index contributed by atoms with van der Waals surface area (Å²) in [5.41, 5.74) is 2.64. The third kappa shape index (κ3) is 1.42. The van der Waals surface area contributed by atoms with Gasteiger partial charge in [0.2, 0.25) is 0 Å². The van der Waals surface area contributed by atoms with Crippen LogP contribution in [0.3, 0.4) is 0 Å². The fraction of sp³-hybridized carbons (Fsp3) is 0.615. The number of aromatic nitrogens is 1. The molecule has 3 nitrogen and oxygen atoms in total. The Kier molecular flexibility index (Phi) is 2.36. The minimum atomic E-state index is 0.569. The second-order valence-electron chi connectivity index (χ2n) is 4.91. The van der Waals surface area contributed by atoms with E-state index in [0.29, 0.717) is 12.1 Å². The summed E-state index contributed by atoms with van der Waals surface area (Å²) in [6.07, 6.45) is 2.18. The topological polar surface area (TPSA) is 28.2 Å². The molecule has 0 saturated carbocycles. The van der Waals surface area contributed by atoms with Gasteiger partial charge in [0.25, 0.3) is 0 Å². The maximum absolute atomic E-state index is 4.80. The molecule has 3 rings (SSSR count). The Morgan fingerprint density at radius 1 is 1.44 bits per heavy atom. The van der Waals surface area contributed by atoms with Crippen LogP contribution in [-0.4, -0.2) is 30.2 Å². The first-order valence-corrected chi connectivity index (χ1v) is 6.27. The van der Waals surface area contributed by atoms with Crippen molar-refractivity contribution in [1.82, 2.24) is 10.3 Å². The molecule has 1 saturated heterocycles. The lowest BCUT2D eigenvalue weighted by atomic mass is 10.1. The van der Waals surface area contributed by atoms with E-state index in [4.69, 9.17) is 4.98 Å². The molecule has 0 amide bonds. The van der Waals surface area contributed by atoms with Gasteiger partial charge in [-0.3, -0.25) is 0 Å². The van der Waals surface area contributed by atoms with Crippen molar-refractivity contribution in [3.8, 4) is 0 Å². The minimum absolute atomic E-state index is 0.569. The van der Waals surface area contributed by atoms with Crippen molar-refractivity contribution in [2.75, 3.05) is 18.0 Å². The molecule has 2 aliphatic rings. The number of anilines is 1. The summed E-state index contributed by atoms with van der Waals surface area (Å²) in [5.74, 6) is 1.25. The molecular weight excluding hydrogens is 198 g/mol. The SMILES string of the molecule is CCc1ccc2c(n1)N1C(C)CNCC1C2. The van der Waals surface area contributed by atoms with E-state index in [1.165, 1.54) is 17.1 Å². The zero-order valence-corrected chi connectivity index (χ0v) is 10.0. The van der Waals surface area contributed by atoms with E-state index < -0.39 is 0 Å². The Morgan fingerprint density at radius 3 is 3.12 bits per heavy atom. The molecule has 0 spiro atoms. The van der Waals surface area contributed by atoms with Crippen LogP contribution < -0.4 is 10.2 Å². The van der Waals surface area contributed by atoms with Gasteiger partial charge >= 0.3 is 0 Å². The first-order chi connectivity index (χ1) is 7.79. The Morgan fingerprint density at radius 2 is 2.31 bits per heavy atom. The molecule has 16 heavy (non-hydrogen) atoms. The molecule has 86 valence electrons. The number of hydrogen-bond donors (Lipinski definition) is 1. The van der Waals surface area contributed by atoms with Gasteiger partial charge in [0, 0.05) is 30.9 Å². The maximum Gasteiger partial charge on any atom is 0.132 e. The number of hydrogen-bond acceptors (Lipinski definition) is 3. The Labute approximate surface area is 96.9 Å². The minimum Gasteiger partial charge on any atom is -0.348 e. The molecule has 1 aromatic rings. The number of nitrogens with one attached hydrogen (secondary N) is 1. The van der Waals surface area contributed by atoms with Crippen molar-refractivity contribution in [3.05, 3.63) is 23.4 Å². The zero-order chi connectivity index (χ0) is 11.1. The maximum atomic E-state index is 4.80. The summed E-state index contributed by atoms with van der Waals surface area (Å²) in [6, 6.07) is 5.64. The van der Waals surface area contributed by atoms with Gasteiger partial charge in [-0.1, -0.05) is 13.0 Å². The number of aryl methyl sites for hydroxylation is 1. The normalized spacial score (nSPS) is 27.8. The molecule has 1 fully saturated rings. The second-order valence-corrected chi connectivity index (χ2v) is 4.91. The van der Waals surface area contributed by atoms with Crippen molar-refractivity contribution in [2.45, 2.75) is 38.8 Å². The van der Waals surface area contributed by atoms with Crippen LogP contribution in [-0.2, 0) is 12.8 Å². The van der Waals surface area contributed by atoms with E-state index in [-0.39, 0.29) is 0 Å². The van der Waals surface area contributed by atoms with E-state index in [1.54, 1.807) is 0 Å². The van der Waals surface area contributed by atoms with Crippen LogP contribution in [0.1, 0.15) is 25.1 Å². The van der Waals surface area contributed by atoms with Crippen molar-refractivity contribution in [3.63, 3.8) is 0 Å². The van der Waals surface area contributed by atoms with Crippen molar-refractivity contribution < 1.29 is 0 Å². The van der Waals surface area contributed by atoms with E-state index >= 15 is 0 Å². The molecule has 1 aromatic heterocycles. The summed E-state index contributed by atoms with van der Waals surface area (Å²) in [6.45, 7) is 6.63. The van der Waals surface area contributed by atoms with Gasteiger partial charge in [-0.05, 0) is 31.4 Å². The predicted molar refractivity (Wildman–Crippen MR) is 65.9 cm³/mol. The second kappa shape index (κ2) is 3.74. The summed E-state index contributed by atoms with van der Waals surface area (Å²) < 4.78 is 0. The lowest BCUT2D eigenvalue weighted by Gasteiger charge is -2.37. The van der Waals surface area contributed by atoms with Gasteiger partial charge in [-0.2, -0.15) is 0 Å². The highest BCUT2D eigenvalue weighted by Crippen LogP contribution is 2.33. The van der Waals surface area contributed by atoms with Crippen molar-refractivity contribution >= 4 is 5.82 Å². The summed E-state index contributed by atoms with van der Waals surface area (Å²) >= 11 is 0. The number of fused-ring (bicyclic) bond motifs is 3. The standard InChI is InChI=1S/C13H19N3/c1-3-11-5-4-10-6-12-8-14-7-9(2)16(12)13(10)15-11/h4-5,9,12,14H,3,6-8H2,1-2H3. The van der Waals surface area contributed by atoms with Crippen molar-refractivity contribution in [2.24, 2.45) is 0 Å². The lowest BCUT2D eigenvalue weighted by molar-refractivity contribution is 0.427.